The van der Waals surface area contributed by atoms with Gasteiger partial charge in [-0.2, -0.15) is 5.10 Å². The van der Waals surface area contributed by atoms with Crippen molar-refractivity contribution in [2.75, 3.05) is 11.9 Å². The molecule has 0 fully saturated rings. The molecule has 1 aliphatic heterocycles. The lowest BCUT2D eigenvalue weighted by Crippen LogP contribution is -2.43. The van der Waals surface area contributed by atoms with Gasteiger partial charge in [0.15, 0.2) is 5.60 Å². The number of hydrogen-bond acceptors (Lipinski definition) is 3. The van der Waals surface area contributed by atoms with Gasteiger partial charge < -0.3 is 10.0 Å². The fourth-order valence-electron chi connectivity index (χ4n) is 3.80. The number of benzene rings is 2. The molecule has 5 heteroatoms. The molecule has 0 aliphatic carbocycles. The van der Waals surface area contributed by atoms with E-state index < -0.39 is 11.5 Å². The summed E-state index contributed by atoms with van der Waals surface area (Å²) in [6, 6.07) is 15.4. The van der Waals surface area contributed by atoms with Crippen LogP contribution in [0.15, 0.2) is 67.0 Å². The SMILES string of the molecule is Cc1ccc(/C=C/[C@@H](C)[C@@]2(O)C(=O)N(C)c3ccccc32)c(-n2cccn2)c1. The van der Waals surface area contributed by atoms with Crippen LogP contribution in [-0.2, 0) is 10.4 Å². The number of aromatic nitrogens is 2. The Bertz CT molecular complexity index is 1060. The van der Waals surface area contributed by atoms with Crippen LogP contribution >= 0.6 is 0 Å². The third-order valence-corrected chi connectivity index (χ3v) is 5.47. The summed E-state index contributed by atoms with van der Waals surface area (Å²) in [5.74, 6) is -0.708. The van der Waals surface area contributed by atoms with Gasteiger partial charge in [0.2, 0.25) is 0 Å². The third-order valence-electron chi connectivity index (χ3n) is 5.47. The quantitative estimate of drug-likeness (QED) is 0.759. The van der Waals surface area contributed by atoms with E-state index in [2.05, 4.69) is 11.2 Å². The van der Waals surface area contributed by atoms with Gasteiger partial charge in [-0.1, -0.05) is 49.4 Å². The van der Waals surface area contributed by atoms with E-state index >= 15 is 0 Å². The van der Waals surface area contributed by atoms with Crippen molar-refractivity contribution in [1.29, 1.82) is 0 Å². The molecule has 3 aromatic rings. The fourth-order valence-corrected chi connectivity index (χ4v) is 3.80. The molecule has 5 nitrogen and oxygen atoms in total. The Morgan fingerprint density at radius 2 is 1.93 bits per heavy atom. The highest BCUT2D eigenvalue weighted by Crippen LogP contribution is 2.44. The average molecular weight is 373 g/mol. The zero-order chi connectivity index (χ0) is 19.9. The molecule has 0 spiro atoms. The summed E-state index contributed by atoms with van der Waals surface area (Å²) in [6.07, 6.45) is 7.48. The summed E-state index contributed by atoms with van der Waals surface area (Å²) in [5.41, 5.74) is 2.89. The van der Waals surface area contributed by atoms with Gasteiger partial charge in [0.05, 0.1) is 11.4 Å². The van der Waals surface area contributed by atoms with E-state index in [4.69, 9.17) is 0 Å². The van der Waals surface area contributed by atoms with E-state index in [1.807, 2.05) is 79.3 Å². The number of para-hydroxylation sites is 1. The number of aliphatic hydroxyl groups is 1. The zero-order valence-corrected chi connectivity index (χ0v) is 16.2. The van der Waals surface area contributed by atoms with Gasteiger partial charge >= 0.3 is 0 Å². The summed E-state index contributed by atoms with van der Waals surface area (Å²) in [6.45, 7) is 3.90. The molecule has 1 aromatic heterocycles. The summed E-state index contributed by atoms with van der Waals surface area (Å²) >= 11 is 0. The van der Waals surface area contributed by atoms with E-state index in [0.717, 1.165) is 22.5 Å². The number of aryl methyl sites for hydroxylation is 1. The number of carbonyl (C=O) groups excluding carboxylic acids is 1. The van der Waals surface area contributed by atoms with Crippen molar-refractivity contribution in [3.63, 3.8) is 0 Å². The van der Waals surface area contributed by atoms with Crippen molar-refractivity contribution >= 4 is 17.7 Å². The second-order valence-electron chi connectivity index (χ2n) is 7.31. The predicted octanol–water partition coefficient (Wildman–Crippen LogP) is 3.69. The maximum absolute atomic E-state index is 12.9. The minimum atomic E-state index is -1.57. The van der Waals surface area contributed by atoms with Gasteiger partial charge in [0.1, 0.15) is 0 Å². The smallest absolute Gasteiger partial charge is 0.264 e. The fraction of sp³-hybridized carbons (Fsp3) is 0.217. The standard InChI is InChI=1S/C23H23N3O2/c1-16-9-11-18(21(15-16)26-14-6-13-24-26)12-10-17(2)23(28)19-7-4-5-8-20(19)25(3)22(23)27/h4-15,17,28H,1-3H3/b12-10+/t17-,23+/m1/s1. The number of anilines is 1. The van der Waals surface area contributed by atoms with Crippen LogP contribution in [0.25, 0.3) is 11.8 Å². The van der Waals surface area contributed by atoms with Crippen LogP contribution < -0.4 is 4.90 Å². The molecule has 2 atom stereocenters. The van der Waals surface area contributed by atoms with Crippen LogP contribution in [0, 0.1) is 12.8 Å². The van der Waals surface area contributed by atoms with Gasteiger partial charge in [-0.25, -0.2) is 4.68 Å². The first-order valence-electron chi connectivity index (χ1n) is 9.32. The second-order valence-corrected chi connectivity index (χ2v) is 7.31. The molecule has 2 heterocycles. The Morgan fingerprint density at radius 1 is 1.14 bits per heavy atom. The summed E-state index contributed by atoms with van der Waals surface area (Å²) in [7, 11) is 1.70. The van der Waals surface area contributed by atoms with E-state index in [9.17, 15) is 9.90 Å². The van der Waals surface area contributed by atoms with Crippen molar-refractivity contribution in [1.82, 2.24) is 9.78 Å². The van der Waals surface area contributed by atoms with Crippen LogP contribution in [-0.4, -0.2) is 27.8 Å². The Kier molecular flexibility index (Phi) is 4.40. The van der Waals surface area contributed by atoms with Crippen LogP contribution in [0.4, 0.5) is 5.69 Å². The molecule has 142 valence electrons. The van der Waals surface area contributed by atoms with Gasteiger partial charge in [0, 0.05) is 30.9 Å². The van der Waals surface area contributed by atoms with Crippen molar-refractivity contribution in [2.24, 2.45) is 5.92 Å². The summed E-state index contributed by atoms with van der Waals surface area (Å²) < 4.78 is 1.82. The first-order valence-corrected chi connectivity index (χ1v) is 9.32. The highest BCUT2D eigenvalue weighted by atomic mass is 16.3. The molecule has 28 heavy (non-hydrogen) atoms. The number of amides is 1. The number of fused-ring (bicyclic) bond motifs is 1. The minimum absolute atomic E-state index is 0.304. The molecule has 0 unspecified atom stereocenters. The van der Waals surface area contributed by atoms with E-state index in [1.165, 1.54) is 4.90 Å². The molecular weight excluding hydrogens is 350 g/mol. The van der Waals surface area contributed by atoms with Crippen molar-refractivity contribution < 1.29 is 9.90 Å². The van der Waals surface area contributed by atoms with Gasteiger partial charge in [-0.15, -0.1) is 0 Å². The zero-order valence-electron chi connectivity index (χ0n) is 16.2. The van der Waals surface area contributed by atoms with Gasteiger partial charge in [-0.3, -0.25) is 4.79 Å². The van der Waals surface area contributed by atoms with E-state index in [0.29, 0.717) is 5.56 Å². The largest absolute Gasteiger partial charge is 0.375 e. The Hall–Kier alpha value is -3.18. The number of likely N-dealkylation sites (N-methyl/N-ethyl adjacent to an activating group) is 1. The van der Waals surface area contributed by atoms with Gasteiger partial charge in [-0.05, 0) is 36.2 Å². The lowest BCUT2D eigenvalue weighted by atomic mass is 9.83. The highest BCUT2D eigenvalue weighted by Gasteiger charge is 2.51. The molecule has 0 saturated heterocycles. The molecule has 1 amide bonds. The topological polar surface area (TPSA) is 58.4 Å². The molecular formula is C23H23N3O2. The second kappa shape index (κ2) is 6.77. The average Bonchev–Trinajstić information content (AvgIpc) is 3.31. The van der Waals surface area contributed by atoms with Crippen molar-refractivity contribution in [2.45, 2.75) is 19.4 Å². The van der Waals surface area contributed by atoms with E-state index in [1.54, 1.807) is 13.2 Å². The normalized spacial score (nSPS) is 20.0. The van der Waals surface area contributed by atoms with Crippen LogP contribution in [0.1, 0.15) is 23.6 Å². The number of nitrogens with zero attached hydrogens (tertiary/aromatic N) is 3. The number of hydrogen-bond donors (Lipinski definition) is 1. The van der Waals surface area contributed by atoms with Crippen molar-refractivity contribution in [3.8, 4) is 5.69 Å². The molecule has 0 bridgehead atoms. The van der Waals surface area contributed by atoms with Gasteiger partial charge in [0.25, 0.3) is 5.91 Å². The predicted molar refractivity (Wildman–Crippen MR) is 110 cm³/mol. The number of rotatable bonds is 4. The Labute approximate surface area is 164 Å². The Morgan fingerprint density at radius 3 is 2.68 bits per heavy atom. The molecule has 1 N–H and O–H groups in total. The maximum atomic E-state index is 12.9. The maximum Gasteiger partial charge on any atom is 0.264 e. The molecule has 0 saturated carbocycles. The van der Waals surface area contributed by atoms with Crippen LogP contribution in [0.3, 0.4) is 0 Å². The molecule has 1 aliphatic rings. The van der Waals surface area contributed by atoms with Crippen LogP contribution in [0.2, 0.25) is 0 Å². The lowest BCUT2D eigenvalue weighted by molar-refractivity contribution is -0.139. The Balaban J connectivity index is 1.71. The van der Waals surface area contributed by atoms with Crippen molar-refractivity contribution in [3.05, 3.63) is 83.7 Å². The molecule has 2 aromatic carbocycles. The van der Waals surface area contributed by atoms with Crippen LogP contribution in [0.5, 0.6) is 0 Å². The monoisotopic (exact) mass is 373 g/mol. The lowest BCUT2D eigenvalue weighted by Gasteiger charge is -2.27. The first-order chi connectivity index (χ1) is 13.4. The van der Waals surface area contributed by atoms with E-state index in [-0.39, 0.29) is 5.91 Å². The third kappa shape index (κ3) is 2.75. The summed E-state index contributed by atoms with van der Waals surface area (Å²) in [4.78, 5) is 14.4. The first kappa shape index (κ1) is 18.2. The molecule has 0 radical (unpaired) electrons. The molecule has 4 rings (SSSR count). The minimum Gasteiger partial charge on any atom is -0.375 e. The number of carbonyl (C=O) groups is 1. The highest BCUT2D eigenvalue weighted by molar-refractivity contribution is 6.06. The summed E-state index contributed by atoms with van der Waals surface area (Å²) in [5, 5.41) is 15.7.